The molecule has 21 nitrogen and oxygen atoms in total. The third-order valence-corrected chi connectivity index (χ3v) is 14.1. The van der Waals surface area contributed by atoms with Crippen LogP contribution < -0.4 is 48.3 Å². The molecule has 0 spiro atoms. The van der Waals surface area contributed by atoms with Crippen LogP contribution in [0.3, 0.4) is 0 Å². The van der Waals surface area contributed by atoms with Gasteiger partial charge < -0.3 is 48.5 Å². The van der Waals surface area contributed by atoms with E-state index in [9.17, 15) is 51.0 Å². The Morgan fingerprint density at radius 1 is 0.768 bits per heavy atom. The summed E-state index contributed by atoms with van der Waals surface area (Å²) in [7, 11) is -9.55. The monoisotopic (exact) mass is 1010 g/mol. The van der Waals surface area contributed by atoms with Crippen molar-refractivity contribution >= 4 is 74.7 Å². The molecule has 4 N–H and O–H groups in total. The molecule has 5 aromatic rings. The molecule has 0 saturated carbocycles. The summed E-state index contributed by atoms with van der Waals surface area (Å²) in [6.07, 6.45) is -2.24. The SMILES string of the molecule is CC(=O)Oc1c2cc(-c3cc4cc(S(=O)(=O)NCP(=O)(O)Oc5ccc(C#N)c(F)c5)sc4cc3-c3cc4c(OC(C)=O)c(c3OC(C)=O)CC(=O)NCCO4)c(OC(C)=O)c1CC(=O)NCCO2. The van der Waals surface area contributed by atoms with Crippen LogP contribution in [-0.2, 0) is 56.2 Å². The van der Waals surface area contributed by atoms with Crippen molar-refractivity contribution < 1.29 is 84.0 Å². The molecule has 2 aliphatic rings. The quantitative estimate of drug-likeness (QED) is 0.0757. The summed E-state index contributed by atoms with van der Waals surface area (Å²) in [6.45, 7) is 4.11. The number of rotatable bonds is 12. The number of thiophene rings is 1. The van der Waals surface area contributed by atoms with Gasteiger partial charge >= 0.3 is 31.5 Å². The summed E-state index contributed by atoms with van der Waals surface area (Å²) in [4.78, 5) is 88.1. The highest BCUT2D eigenvalue weighted by atomic mass is 32.2. The number of sulfonamides is 1. The minimum Gasteiger partial charge on any atom is -0.488 e. The van der Waals surface area contributed by atoms with E-state index in [1.54, 1.807) is 6.07 Å². The van der Waals surface area contributed by atoms with E-state index in [1.807, 2.05) is 4.72 Å². The fraction of sp³-hybridized carbons (Fsp3) is 0.250. The minimum atomic E-state index is -4.87. The van der Waals surface area contributed by atoms with Gasteiger partial charge in [-0.05, 0) is 59.0 Å². The third-order valence-electron chi connectivity index (χ3n) is 9.85. The predicted molar refractivity (Wildman–Crippen MR) is 239 cm³/mol. The molecule has 0 saturated heterocycles. The summed E-state index contributed by atoms with van der Waals surface area (Å²) < 4.78 is 96.7. The van der Waals surface area contributed by atoms with E-state index in [1.165, 1.54) is 30.3 Å². The zero-order chi connectivity index (χ0) is 49.9. The van der Waals surface area contributed by atoms with E-state index in [0.29, 0.717) is 17.4 Å². The maximum atomic E-state index is 14.2. The van der Waals surface area contributed by atoms with Crippen LogP contribution in [0.5, 0.6) is 40.2 Å². The number of hydrogen-bond donors (Lipinski definition) is 4. The molecule has 0 fully saturated rings. The fourth-order valence-electron chi connectivity index (χ4n) is 7.19. The standard InChI is InChI=1S/C44H38FN4O17PS2/c1-21(50)62-41-30(14-35-43(64-23(3)52)32(41)17-38(54)47-7-9-60-35)28-11-26-12-40(69(58,59)49-20-67(56,57)66-27-6-5-25(19-46)34(45)13-27)68-37(26)16-29(28)31-15-36-44(65-24(4)53)33(42(31)63-22(2)51)18-39(55)48-8-10-61-36/h5-6,11-16,49H,7-10,17-18,20H2,1-4H3,(H,47,54)(H,48,55)(H,56,57). The molecule has 2 amide bonds. The fourth-order valence-corrected chi connectivity index (χ4v) is 11.2. The van der Waals surface area contributed by atoms with E-state index < -0.39 is 88.2 Å². The lowest BCUT2D eigenvalue weighted by Gasteiger charge is -2.23. The molecular weight excluding hydrogens is 971 g/mol. The van der Waals surface area contributed by atoms with E-state index in [2.05, 4.69) is 10.6 Å². The Balaban J connectivity index is 1.50. The van der Waals surface area contributed by atoms with Crippen LogP contribution in [0, 0.1) is 17.1 Å². The molecule has 4 aromatic carbocycles. The number of nitrogens with zero attached hydrogens (tertiary/aromatic N) is 1. The van der Waals surface area contributed by atoms with Gasteiger partial charge in [0.15, 0.2) is 23.0 Å². The summed E-state index contributed by atoms with van der Waals surface area (Å²) in [5.74, 6) is -7.41. The first-order valence-electron chi connectivity index (χ1n) is 20.3. The molecule has 2 aliphatic heterocycles. The maximum Gasteiger partial charge on any atom is 0.391 e. The zero-order valence-electron chi connectivity index (χ0n) is 36.6. The van der Waals surface area contributed by atoms with E-state index in [4.69, 9.17) is 38.2 Å². The number of amides is 2. The molecule has 0 aliphatic carbocycles. The normalized spacial score (nSPS) is 14.4. The average Bonchev–Trinajstić information content (AvgIpc) is 3.72. The smallest absolute Gasteiger partial charge is 0.391 e. The second-order valence-corrected chi connectivity index (χ2v) is 19.9. The van der Waals surface area contributed by atoms with Crippen LogP contribution >= 0.6 is 18.9 Å². The Bertz CT molecular complexity index is 3070. The van der Waals surface area contributed by atoms with Gasteiger partial charge in [0.1, 0.15) is 52.8 Å². The molecule has 360 valence electrons. The predicted octanol–water partition coefficient (Wildman–Crippen LogP) is 4.55. The van der Waals surface area contributed by atoms with Crippen LogP contribution in [0.2, 0.25) is 0 Å². The largest absolute Gasteiger partial charge is 0.488 e. The Labute approximate surface area is 394 Å². The van der Waals surface area contributed by atoms with Gasteiger partial charge in [0, 0.05) is 49.6 Å². The number of carbonyl (C=O) groups is 6. The number of esters is 4. The first-order valence-corrected chi connectivity index (χ1v) is 24.4. The maximum absolute atomic E-state index is 14.2. The highest BCUT2D eigenvalue weighted by molar-refractivity contribution is 7.92. The molecule has 1 unspecified atom stereocenters. The topological polar surface area (TPSA) is 298 Å². The highest BCUT2D eigenvalue weighted by Gasteiger charge is 2.34. The lowest BCUT2D eigenvalue weighted by Crippen LogP contribution is -2.28. The van der Waals surface area contributed by atoms with E-state index in [0.717, 1.165) is 39.8 Å². The van der Waals surface area contributed by atoms with E-state index >= 15 is 0 Å². The summed E-state index contributed by atoms with van der Waals surface area (Å²) in [5, 5.41) is 14.5. The van der Waals surface area contributed by atoms with Gasteiger partial charge in [-0.1, -0.05) is 0 Å². The minimum absolute atomic E-state index is 0.0118. The summed E-state index contributed by atoms with van der Waals surface area (Å²) in [5.41, 5.74) is -0.523. The lowest BCUT2D eigenvalue weighted by atomic mass is 9.88. The number of nitrogens with one attached hydrogen (secondary N) is 3. The molecule has 1 aromatic heterocycles. The van der Waals surface area contributed by atoms with Gasteiger partial charge in [0.2, 0.25) is 11.8 Å². The number of ether oxygens (including phenoxy) is 6. The van der Waals surface area contributed by atoms with Gasteiger partial charge in [-0.25, -0.2) is 17.4 Å². The average molecular weight is 1010 g/mol. The second kappa shape index (κ2) is 20.0. The second-order valence-electron chi connectivity index (χ2n) is 15.0. The van der Waals surface area contributed by atoms with Gasteiger partial charge in [0.25, 0.3) is 10.0 Å². The van der Waals surface area contributed by atoms with Crippen LogP contribution in [-0.4, -0.2) is 81.6 Å². The van der Waals surface area contributed by atoms with Crippen LogP contribution in [0.4, 0.5) is 4.39 Å². The Kier molecular flexibility index (Phi) is 14.4. The van der Waals surface area contributed by atoms with Gasteiger partial charge in [-0.2, -0.15) is 9.98 Å². The van der Waals surface area contributed by atoms with Crippen molar-refractivity contribution in [2.45, 2.75) is 44.7 Å². The van der Waals surface area contributed by atoms with E-state index in [-0.39, 0.29) is 110 Å². The number of benzene rings is 4. The molecular formula is C44H38FN4O17PS2. The molecule has 25 heteroatoms. The first kappa shape index (κ1) is 49.5. The van der Waals surface area contributed by atoms with Crippen molar-refractivity contribution in [3.05, 3.63) is 71.0 Å². The Morgan fingerprint density at radius 3 is 1.74 bits per heavy atom. The highest BCUT2D eigenvalue weighted by Crippen LogP contribution is 2.53. The molecule has 0 radical (unpaired) electrons. The zero-order valence-corrected chi connectivity index (χ0v) is 39.2. The Morgan fingerprint density at radius 2 is 1.26 bits per heavy atom. The molecule has 3 heterocycles. The van der Waals surface area contributed by atoms with Gasteiger partial charge in [-0.15, -0.1) is 11.3 Å². The lowest BCUT2D eigenvalue weighted by molar-refractivity contribution is -0.133. The van der Waals surface area contributed by atoms with Crippen molar-refractivity contribution in [3.8, 4) is 68.6 Å². The molecule has 1 atom stereocenters. The van der Waals surface area contributed by atoms with Gasteiger partial charge in [-0.3, -0.25) is 28.8 Å². The van der Waals surface area contributed by atoms with Crippen LogP contribution in [0.15, 0.2) is 52.7 Å². The van der Waals surface area contributed by atoms with Crippen LogP contribution in [0.25, 0.3) is 32.3 Å². The van der Waals surface area contributed by atoms with Crippen molar-refractivity contribution in [1.82, 2.24) is 15.4 Å². The van der Waals surface area contributed by atoms with Crippen LogP contribution in [0.1, 0.15) is 44.4 Å². The number of hydrogen-bond acceptors (Lipinski definition) is 18. The summed E-state index contributed by atoms with van der Waals surface area (Å²) in [6, 6.07) is 11.1. The first-order chi connectivity index (χ1) is 32.6. The number of halogens is 1. The summed E-state index contributed by atoms with van der Waals surface area (Å²) >= 11 is 0.668. The third kappa shape index (κ3) is 11.3. The number of nitriles is 1. The van der Waals surface area contributed by atoms with Gasteiger partial charge in [0.05, 0.1) is 42.6 Å². The van der Waals surface area contributed by atoms with Crippen molar-refractivity contribution in [3.63, 3.8) is 0 Å². The molecule has 69 heavy (non-hydrogen) atoms. The van der Waals surface area contributed by atoms with Crippen molar-refractivity contribution in [2.75, 3.05) is 32.6 Å². The van der Waals surface area contributed by atoms with Crippen molar-refractivity contribution in [2.24, 2.45) is 0 Å². The number of carbonyl (C=O) groups excluding carboxylic acids is 6. The Hall–Kier alpha value is -7.42. The van der Waals surface area contributed by atoms with Crippen molar-refractivity contribution in [1.29, 1.82) is 5.26 Å². The molecule has 4 bridgehead atoms. The molecule has 7 rings (SSSR count). The number of fused-ring (bicyclic) bond motifs is 5.